The summed E-state index contributed by atoms with van der Waals surface area (Å²) in [5.74, 6) is -0.997. The fourth-order valence-electron chi connectivity index (χ4n) is 0.577. The summed E-state index contributed by atoms with van der Waals surface area (Å²) in [5.41, 5.74) is 0. The Kier molecular flexibility index (Phi) is 2.92. The molecular formula is C7H6FIO2. The van der Waals surface area contributed by atoms with Crippen LogP contribution in [0.25, 0.3) is 0 Å². The molecule has 1 heterocycles. The highest BCUT2D eigenvalue weighted by atomic mass is 127. The third-order valence-electron chi connectivity index (χ3n) is 1.06. The maximum atomic E-state index is 12.8. The first-order valence-electron chi connectivity index (χ1n) is 2.87. The first-order valence-corrected chi connectivity index (χ1v) is 5.19. The van der Waals surface area contributed by atoms with E-state index in [1.807, 2.05) is 4.01 Å². The monoisotopic (exact) mass is 268 g/mol. The number of halogens is 2. The lowest BCUT2D eigenvalue weighted by molar-refractivity contribution is -0.135. The van der Waals surface area contributed by atoms with E-state index in [0.717, 1.165) is 0 Å². The molecule has 1 aliphatic rings. The van der Waals surface area contributed by atoms with Crippen LogP contribution < -0.4 is 0 Å². The second-order valence-corrected chi connectivity index (χ2v) is 4.17. The zero-order valence-corrected chi connectivity index (χ0v) is 7.96. The molecule has 0 fully saturated rings. The number of hydrogen-bond donors (Lipinski definition) is 0. The van der Waals surface area contributed by atoms with Crippen LogP contribution >= 0.6 is 20.7 Å². The quantitative estimate of drug-likeness (QED) is 0.534. The van der Waals surface area contributed by atoms with Gasteiger partial charge < -0.3 is 4.74 Å². The number of carbonyl (C=O) groups is 1. The molecule has 0 aromatic heterocycles. The number of methoxy groups -OCH3 is 1. The molecule has 0 N–H and O–H groups in total. The maximum absolute atomic E-state index is 12.8. The number of carbonyl (C=O) groups excluding carboxylic acids is 1. The molecule has 0 radical (unpaired) electrons. The van der Waals surface area contributed by atoms with Gasteiger partial charge in [0.15, 0.2) is 0 Å². The zero-order chi connectivity index (χ0) is 8.27. The standard InChI is InChI=1S/C7H6FIO2/c1-11-7(10)6-5(8)3-2-4-9-6/h2-4H,1H3. The van der Waals surface area contributed by atoms with Gasteiger partial charge in [-0.25, -0.2) is 9.18 Å². The normalized spacial score (nSPS) is 16.2. The Morgan fingerprint density at radius 2 is 2.45 bits per heavy atom. The lowest BCUT2D eigenvalue weighted by atomic mass is 10.4. The van der Waals surface area contributed by atoms with E-state index in [2.05, 4.69) is 4.74 Å². The van der Waals surface area contributed by atoms with Gasteiger partial charge in [-0.05, 0) is 10.1 Å². The molecule has 0 amide bonds. The van der Waals surface area contributed by atoms with Crippen LogP contribution in [0.5, 0.6) is 0 Å². The van der Waals surface area contributed by atoms with Crippen molar-refractivity contribution in [2.24, 2.45) is 0 Å². The summed E-state index contributed by atoms with van der Waals surface area (Å²) in [5, 5.41) is 0. The van der Waals surface area contributed by atoms with Gasteiger partial charge in [0.25, 0.3) is 0 Å². The van der Waals surface area contributed by atoms with Gasteiger partial charge in [-0.3, -0.25) is 0 Å². The molecule has 0 atom stereocenters. The molecule has 0 saturated heterocycles. The van der Waals surface area contributed by atoms with E-state index in [9.17, 15) is 9.18 Å². The Morgan fingerprint density at radius 1 is 1.73 bits per heavy atom. The molecule has 1 rings (SSSR count). The van der Waals surface area contributed by atoms with Gasteiger partial charge in [0, 0.05) is 0 Å². The van der Waals surface area contributed by atoms with Crippen LogP contribution in [0.15, 0.2) is 21.6 Å². The summed E-state index contributed by atoms with van der Waals surface area (Å²) in [6.45, 7) is 0. The van der Waals surface area contributed by atoms with E-state index in [-0.39, 0.29) is 3.58 Å². The van der Waals surface area contributed by atoms with Gasteiger partial charge in [-0.2, -0.15) is 0 Å². The maximum Gasteiger partial charge on any atom is 0.346 e. The van der Waals surface area contributed by atoms with E-state index in [0.29, 0.717) is 0 Å². The summed E-state index contributed by atoms with van der Waals surface area (Å²) in [7, 11) is 1.25. The van der Waals surface area contributed by atoms with E-state index in [1.165, 1.54) is 13.2 Å². The third kappa shape index (κ3) is 1.95. The molecule has 0 aliphatic carbocycles. The minimum Gasteiger partial charge on any atom is -0.465 e. The van der Waals surface area contributed by atoms with Crippen molar-refractivity contribution in [1.29, 1.82) is 0 Å². The largest absolute Gasteiger partial charge is 0.465 e. The highest BCUT2D eigenvalue weighted by molar-refractivity contribution is 14.2. The third-order valence-corrected chi connectivity index (χ3v) is 3.41. The molecule has 0 aromatic carbocycles. The first kappa shape index (κ1) is 8.58. The predicted molar refractivity (Wildman–Crippen MR) is 49.4 cm³/mol. The van der Waals surface area contributed by atoms with Gasteiger partial charge in [0.05, 0.1) is 7.11 Å². The van der Waals surface area contributed by atoms with Crippen molar-refractivity contribution in [3.63, 3.8) is 0 Å². The minimum atomic E-state index is -0.620. The molecule has 0 aromatic rings. The smallest absolute Gasteiger partial charge is 0.346 e. The topological polar surface area (TPSA) is 26.3 Å². The Labute approximate surface area is 73.5 Å². The zero-order valence-electron chi connectivity index (χ0n) is 5.80. The fourth-order valence-corrected chi connectivity index (χ4v) is 2.30. The summed E-state index contributed by atoms with van der Waals surface area (Å²) < 4.78 is 19.2. The van der Waals surface area contributed by atoms with Gasteiger partial charge in [-0.1, -0.05) is 26.8 Å². The molecule has 2 nitrogen and oxygen atoms in total. The van der Waals surface area contributed by atoms with E-state index < -0.39 is 32.5 Å². The number of hydrogen-bond acceptors (Lipinski definition) is 2. The van der Waals surface area contributed by atoms with Crippen molar-refractivity contribution in [2.45, 2.75) is 0 Å². The van der Waals surface area contributed by atoms with Gasteiger partial charge >= 0.3 is 5.97 Å². The molecule has 11 heavy (non-hydrogen) atoms. The Balaban J connectivity index is 2.95. The van der Waals surface area contributed by atoms with Gasteiger partial charge in [0.1, 0.15) is 9.41 Å². The fraction of sp³-hybridized carbons (Fsp3) is 0.143. The van der Waals surface area contributed by atoms with Crippen LogP contribution in [0.3, 0.4) is 0 Å². The Hall–Kier alpha value is -0.520. The van der Waals surface area contributed by atoms with Crippen LogP contribution in [-0.2, 0) is 9.53 Å². The van der Waals surface area contributed by atoms with Crippen LogP contribution in [0, 0.1) is 0 Å². The minimum absolute atomic E-state index is 0.203. The van der Waals surface area contributed by atoms with Crippen molar-refractivity contribution in [2.75, 3.05) is 7.11 Å². The average molecular weight is 268 g/mol. The molecule has 0 bridgehead atoms. The molecule has 0 saturated carbocycles. The van der Waals surface area contributed by atoms with Gasteiger partial charge in [0.2, 0.25) is 0 Å². The van der Waals surface area contributed by atoms with Gasteiger partial charge in [-0.15, -0.1) is 0 Å². The second kappa shape index (κ2) is 3.75. The van der Waals surface area contributed by atoms with Crippen molar-refractivity contribution >= 4 is 30.7 Å². The van der Waals surface area contributed by atoms with Crippen LogP contribution in [0.1, 0.15) is 0 Å². The molecule has 0 unspecified atom stereocenters. The van der Waals surface area contributed by atoms with Crippen molar-refractivity contribution in [3.8, 4) is 0 Å². The van der Waals surface area contributed by atoms with E-state index in [1.54, 1.807) is 6.08 Å². The number of esters is 1. The van der Waals surface area contributed by atoms with E-state index >= 15 is 0 Å². The first-order chi connectivity index (χ1) is 5.25. The van der Waals surface area contributed by atoms with Crippen molar-refractivity contribution < 1.29 is 13.9 Å². The number of ether oxygens (including phenoxy) is 1. The molecule has 60 valence electrons. The highest BCUT2D eigenvalue weighted by Crippen LogP contribution is 2.24. The van der Waals surface area contributed by atoms with Crippen LogP contribution in [-0.4, -0.2) is 17.1 Å². The molecule has 0 spiro atoms. The van der Waals surface area contributed by atoms with Crippen molar-refractivity contribution in [1.82, 2.24) is 0 Å². The predicted octanol–water partition coefficient (Wildman–Crippen LogP) is 1.68. The Bertz CT molecular complexity index is 266. The highest BCUT2D eigenvalue weighted by Gasteiger charge is 2.13. The lowest BCUT2D eigenvalue weighted by Gasteiger charge is -2.01. The molecular weight excluding hydrogens is 262 g/mol. The SMILES string of the molecule is COC(=O)C1=C(F)C=CC=I1. The lowest BCUT2D eigenvalue weighted by Crippen LogP contribution is -2.02. The number of rotatable bonds is 1. The number of allylic oxidation sites excluding steroid dienone is 3. The Morgan fingerprint density at radius 3 is 3.00 bits per heavy atom. The second-order valence-electron chi connectivity index (χ2n) is 1.75. The summed E-state index contributed by atoms with van der Waals surface area (Å²) >= 11 is -0.620. The summed E-state index contributed by atoms with van der Waals surface area (Å²) in [6, 6.07) is 0. The summed E-state index contributed by atoms with van der Waals surface area (Å²) in [6.07, 6.45) is 2.89. The summed E-state index contributed by atoms with van der Waals surface area (Å²) in [4.78, 5) is 10.8. The molecule has 1 aliphatic heterocycles. The molecule has 4 heteroatoms. The van der Waals surface area contributed by atoms with Crippen molar-refractivity contribution in [3.05, 3.63) is 21.6 Å². The van der Waals surface area contributed by atoms with E-state index in [4.69, 9.17) is 0 Å². The average Bonchev–Trinajstić information content (AvgIpc) is 2.04. The van der Waals surface area contributed by atoms with Crippen LogP contribution in [0.2, 0.25) is 0 Å². The van der Waals surface area contributed by atoms with Crippen LogP contribution in [0.4, 0.5) is 4.39 Å².